The Labute approximate surface area is 219 Å². The van der Waals surface area contributed by atoms with Crippen molar-refractivity contribution in [3.63, 3.8) is 0 Å². The number of carbonyl (C=O) groups is 2. The van der Waals surface area contributed by atoms with E-state index in [2.05, 4.69) is 0 Å². The van der Waals surface area contributed by atoms with Crippen molar-refractivity contribution in [2.75, 3.05) is 13.1 Å². The summed E-state index contributed by atoms with van der Waals surface area (Å²) in [4.78, 5) is 42.7. The molecule has 3 aromatic carbocycles. The van der Waals surface area contributed by atoms with Gasteiger partial charge >= 0.3 is 0 Å². The first-order chi connectivity index (χ1) is 18.4. The molecule has 1 aromatic heterocycles. The Bertz CT molecular complexity index is 1480. The van der Waals surface area contributed by atoms with E-state index in [9.17, 15) is 23.2 Å². The van der Waals surface area contributed by atoms with Crippen LogP contribution in [0.15, 0.2) is 88.3 Å². The molecular formula is C30H28F2N2O4. The molecule has 0 spiro atoms. The van der Waals surface area contributed by atoms with Gasteiger partial charge in [-0.3, -0.25) is 14.4 Å². The third kappa shape index (κ3) is 6.32. The molecular weight excluding hydrogens is 490 g/mol. The summed E-state index contributed by atoms with van der Waals surface area (Å²) in [5.41, 5.74) is 0.953. The van der Waals surface area contributed by atoms with Crippen molar-refractivity contribution in [1.82, 2.24) is 9.80 Å². The van der Waals surface area contributed by atoms with Crippen molar-refractivity contribution in [3.8, 4) is 0 Å². The van der Waals surface area contributed by atoms with Gasteiger partial charge in [0.2, 0.25) is 5.91 Å². The van der Waals surface area contributed by atoms with Crippen molar-refractivity contribution >= 4 is 22.8 Å². The van der Waals surface area contributed by atoms with Gasteiger partial charge in [-0.05, 0) is 48.4 Å². The second kappa shape index (κ2) is 12.3. The lowest BCUT2D eigenvalue weighted by Gasteiger charge is -2.28. The molecule has 0 radical (unpaired) electrons. The molecule has 0 fully saturated rings. The van der Waals surface area contributed by atoms with Crippen LogP contribution in [-0.2, 0) is 17.9 Å². The number of rotatable bonds is 10. The maximum atomic E-state index is 14.4. The van der Waals surface area contributed by atoms with Crippen LogP contribution in [0.4, 0.5) is 8.78 Å². The summed E-state index contributed by atoms with van der Waals surface area (Å²) in [5, 5.41) is 0.387. The van der Waals surface area contributed by atoms with E-state index in [1.54, 1.807) is 42.5 Å². The van der Waals surface area contributed by atoms with Gasteiger partial charge in [-0.15, -0.1) is 0 Å². The SMILES string of the molecule is CCCCN(CC(=O)N(Cc1ccc(F)cc1)Cc1coc2ccccc2c1=O)C(=O)c1ccccc1F. The minimum absolute atomic E-state index is 0.0703. The predicted molar refractivity (Wildman–Crippen MR) is 140 cm³/mol. The Kier molecular flexibility index (Phi) is 8.63. The Morgan fingerprint density at radius 1 is 0.868 bits per heavy atom. The Balaban J connectivity index is 1.64. The predicted octanol–water partition coefficient (Wildman–Crippen LogP) is 5.54. The number of amides is 2. The lowest BCUT2D eigenvalue weighted by atomic mass is 10.1. The van der Waals surface area contributed by atoms with Crippen LogP contribution in [0.3, 0.4) is 0 Å². The molecule has 8 heteroatoms. The number of hydrogen-bond donors (Lipinski definition) is 0. The van der Waals surface area contributed by atoms with E-state index >= 15 is 0 Å². The maximum absolute atomic E-state index is 14.4. The van der Waals surface area contributed by atoms with Gasteiger partial charge in [0, 0.05) is 13.1 Å². The van der Waals surface area contributed by atoms with E-state index < -0.39 is 23.4 Å². The van der Waals surface area contributed by atoms with Gasteiger partial charge < -0.3 is 14.2 Å². The van der Waals surface area contributed by atoms with E-state index in [0.717, 1.165) is 6.42 Å². The summed E-state index contributed by atoms with van der Waals surface area (Å²) in [6.07, 6.45) is 2.72. The van der Waals surface area contributed by atoms with Crippen molar-refractivity contribution in [1.29, 1.82) is 0 Å². The van der Waals surface area contributed by atoms with Crippen molar-refractivity contribution in [2.24, 2.45) is 0 Å². The standard InChI is InChI=1S/C30H28F2N2O4/c1-2-3-16-33(30(37)24-8-4-6-10-26(24)32)19-28(35)34(17-21-12-14-23(31)15-13-21)18-22-20-38-27-11-7-5-9-25(27)29(22)36/h4-15,20H,2-3,16-19H2,1H3. The smallest absolute Gasteiger partial charge is 0.257 e. The molecule has 2 amide bonds. The van der Waals surface area contributed by atoms with Crippen LogP contribution in [0.2, 0.25) is 0 Å². The second-order valence-electron chi connectivity index (χ2n) is 9.02. The molecule has 0 saturated carbocycles. The number of hydrogen-bond acceptors (Lipinski definition) is 4. The summed E-state index contributed by atoms with van der Waals surface area (Å²) in [6, 6.07) is 18.1. The number of fused-ring (bicyclic) bond motifs is 1. The highest BCUT2D eigenvalue weighted by molar-refractivity contribution is 5.96. The number of carbonyl (C=O) groups excluding carboxylic acids is 2. The van der Waals surface area contributed by atoms with Crippen LogP contribution in [0.25, 0.3) is 11.0 Å². The first-order valence-corrected chi connectivity index (χ1v) is 12.4. The van der Waals surface area contributed by atoms with E-state index in [1.807, 2.05) is 6.92 Å². The molecule has 0 aliphatic heterocycles. The van der Waals surface area contributed by atoms with Crippen LogP contribution < -0.4 is 5.43 Å². The van der Waals surface area contributed by atoms with Crippen LogP contribution in [0.1, 0.15) is 41.3 Å². The fraction of sp³-hybridized carbons (Fsp3) is 0.233. The van der Waals surface area contributed by atoms with Crippen LogP contribution in [0, 0.1) is 11.6 Å². The molecule has 4 aromatic rings. The second-order valence-corrected chi connectivity index (χ2v) is 9.02. The third-order valence-electron chi connectivity index (χ3n) is 6.25. The number of unbranched alkanes of at least 4 members (excludes halogenated alkanes) is 1. The minimum atomic E-state index is -0.664. The molecule has 0 unspecified atom stereocenters. The van der Waals surface area contributed by atoms with Gasteiger partial charge in [-0.25, -0.2) is 8.78 Å². The van der Waals surface area contributed by atoms with Gasteiger partial charge in [-0.2, -0.15) is 0 Å². The van der Waals surface area contributed by atoms with Crippen molar-refractivity contribution < 1.29 is 22.8 Å². The third-order valence-corrected chi connectivity index (χ3v) is 6.25. The van der Waals surface area contributed by atoms with Crippen LogP contribution >= 0.6 is 0 Å². The fourth-order valence-corrected chi connectivity index (χ4v) is 4.14. The molecule has 1 heterocycles. The summed E-state index contributed by atoms with van der Waals surface area (Å²) in [5.74, 6) is -2.11. The van der Waals surface area contributed by atoms with E-state index in [-0.39, 0.29) is 42.7 Å². The zero-order valence-corrected chi connectivity index (χ0v) is 21.0. The average molecular weight is 519 g/mol. The zero-order chi connectivity index (χ0) is 27.1. The average Bonchev–Trinajstić information content (AvgIpc) is 2.93. The quantitative estimate of drug-likeness (QED) is 0.276. The molecule has 196 valence electrons. The summed E-state index contributed by atoms with van der Waals surface area (Å²) in [7, 11) is 0. The summed E-state index contributed by atoms with van der Waals surface area (Å²) >= 11 is 0. The Hall–Kier alpha value is -4.33. The van der Waals surface area contributed by atoms with Gasteiger partial charge in [0.15, 0.2) is 5.43 Å². The largest absolute Gasteiger partial charge is 0.464 e. The molecule has 0 atom stereocenters. The topological polar surface area (TPSA) is 70.8 Å². The summed E-state index contributed by atoms with van der Waals surface area (Å²) < 4.78 is 33.5. The van der Waals surface area contributed by atoms with Gasteiger partial charge in [-0.1, -0.05) is 49.7 Å². The van der Waals surface area contributed by atoms with Gasteiger partial charge in [0.05, 0.1) is 29.3 Å². The summed E-state index contributed by atoms with van der Waals surface area (Å²) in [6.45, 7) is 1.89. The molecule has 0 aliphatic carbocycles. The van der Waals surface area contributed by atoms with Gasteiger partial charge in [0.25, 0.3) is 5.91 Å². The number of para-hydroxylation sites is 1. The normalized spacial score (nSPS) is 10.9. The molecule has 0 N–H and O–H groups in total. The van der Waals surface area contributed by atoms with Crippen molar-refractivity contribution in [3.05, 3.63) is 118 Å². The van der Waals surface area contributed by atoms with E-state index in [1.165, 1.54) is 46.4 Å². The Morgan fingerprint density at radius 3 is 2.32 bits per heavy atom. The first-order valence-electron chi connectivity index (χ1n) is 12.4. The number of benzene rings is 3. The molecule has 0 saturated heterocycles. The molecule has 0 bridgehead atoms. The van der Waals surface area contributed by atoms with E-state index in [0.29, 0.717) is 23.0 Å². The minimum Gasteiger partial charge on any atom is -0.464 e. The van der Waals surface area contributed by atoms with Crippen LogP contribution in [0.5, 0.6) is 0 Å². The molecule has 38 heavy (non-hydrogen) atoms. The highest BCUT2D eigenvalue weighted by Gasteiger charge is 2.25. The van der Waals surface area contributed by atoms with Crippen LogP contribution in [-0.4, -0.2) is 34.7 Å². The highest BCUT2D eigenvalue weighted by atomic mass is 19.1. The lowest BCUT2D eigenvalue weighted by Crippen LogP contribution is -2.43. The molecule has 6 nitrogen and oxygen atoms in total. The fourth-order valence-electron chi connectivity index (χ4n) is 4.14. The maximum Gasteiger partial charge on any atom is 0.257 e. The number of nitrogens with zero attached hydrogens (tertiary/aromatic N) is 2. The first kappa shape index (κ1) is 26.7. The number of halogens is 2. The molecule has 0 aliphatic rings. The highest BCUT2D eigenvalue weighted by Crippen LogP contribution is 2.16. The Morgan fingerprint density at radius 2 is 1.58 bits per heavy atom. The van der Waals surface area contributed by atoms with Crippen molar-refractivity contribution in [2.45, 2.75) is 32.9 Å². The lowest BCUT2D eigenvalue weighted by molar-refractivity contribution is -0.133. The monoisotopic (exact) mass is 518 g/mol. The van der Waals surface area contributed by atoms with E-state index in [4.69, 9.17) is 4.42 Å². The molecule has 4 rings (SSSR count). The zero-order valence-electron chi connectivity index (χ0n) is 21.0. The van der Waals surface area contributed by atoms with Gasteiger partial charge in [0.1, 0.15) is 23.8 Å².